The molecule has 1 amide bonds. The van der Waals surface area contributed by atoms with E-state index in [1.54, 1.807) is 6.92 Å². The zero-order valence-electron chi connectivity index (χ0n) is 14.8. The van der Waals surface area contributed by atoms with E-state index in [4.69, 9.17) is 17.3 Å². The molecule has 1 aliphatic rings. The van der Waals surface area contributed by atoms with Gasteiger partial charge in [0.2, 0.25) is 15.9 Å². The molecule has 0 atom stereocenters. The molecule has 3 heterocycles. The molecule has 8 nitrogen and oxygen atoms in total. The number of carbonyl (C=O) groups excluding carboxylic acids is 1. The van der Waals surface area contributed by atoms with Crippen molar-refractivity contribution in [3.8, 4) is 11.5 Å². The molecule has 0 spiro atoms. The summed E-state index contributed by atoms with van der Waals surface area (Å²) in [6.45, 7) is 2.12. The van der Waals surface area contributed by atoms with Gasteiger partial charge in [-0.15, -0.1) is 0 Å². The molecule has 0 fully saturated rings. The zero-order valence-corrected chi connectivity index (χ0v) is 16.4. The van der Waals surface area contributed by atoms with Crippen molar-refractivity contribution in [2.45, 2.75) is 13.3 Å². The number of nitrogens with two attached hydrogens (primary N) is 1. The molecular weight excluding hydrogens is 409 g/mol. The number of nitrogens with one attached hydrogen (secondary N) is 1. The molecule has 0 bridgehead atoms. The van der Waals surface area contributed by atoms with Gasteiger partial charge >= 0.3 is 0 Å². The Hall–Kier alpha value is -2.56. The van der Waals surface area contributed by atoms with E-state index in [0.29, 0.717) is 28.8 Å². The van der Waals surface area contributed by atoms with Crippen LogP contribution >= 0.6 is 11.6 Å². The molecule has 2 aromatic rings. The maximum Gasteiger partial charge on any atom is 0.242 e. The first-order valence-corrected chi connectivity index (χ1v) is 10.1. The Morgan fingerprint density at radius 3 is 2.79 bits per heavy atom. The van der Waals surface area contributed by atoms with E-state index in [-0.39, 0.29) is 13.1 Å². The molecule has 3 rings (SSSR count). The maximum absolute atomic E-state index is 13.1. The highest BCUT2D eigenvalue weighted by Crippen LogP contribution is 2.33. The molecule has 1 aliphatic heterocycles. The summed E-state index contributed by atoms with van der Waals surface area (Å²) in [5.74, 6) is -0.905. The fourth-order valence-corrected chi connectivity index (χ4v) is 4.30. The van der Waals surface area contributed by atoms with Gasteiger partial charge in [0.05, 0.1) is 11.6 Å². The Labute approximate surface area is 166 Å². The number of pyridine rings is 1. The van der Waals surface area contributed by atoms with Gasteiger partial charge in [0.25, 0.3) is 0 Å². The normalized spacial score (nSPS) is 16.1. The van der Waals surface area contributed by atoms with Crippen molar-refractivity contribution in [2.24, 2.45) is 5.73 Å². The van der Waals surface area contributed by atoms with Crippen LogP contribution in [0.3, 0.4) is 0 Å². The molecule has 11 heteroatoms. The largest absolute Gasteiger partial charge is 0.366 e. The van der Waals surface area contributed by atoms with Crippen LogP contribution in [0.25, 0.3) is 17.1 Å². The summed E-state index contributed by atoms with van der Waals surface area (Å²) in [6, 6.07) is 2.75. The van der Waals surface area contributed by atoms with Crippen LogP contribution in [0.15, 0.2) is 35.4 Å². The predicted molar refractivity (Wildman–Crippen MR) is 103 cm³/mol. The van der Waals surface area contributed by atoms with Crippen LogP contribution in [0, 0.1) is 5.82 Å². The van der Waals surface area contributed by atoms with Gasteiger partial charge in [0.1, 0.15) is 22.4 Å². The van der Waals surface area contributed by atoms with Gasteiger partial charge in [-0.2, -0.15) is 4.31 Å². The summed E-state index contributed by atoms with van der Waals surface area (Å²) in [6.07, 6.45) is 2.28. The smallest absolute Gasteiger partial charge is 0.242 e. The molecule has 2 aromatic heterocycles. The lowest BCUT2D eigenvalue weighted by molar-refractivity contribution is -0.113. The van der Waals surface area contributed by atoms with Crippen molar-refractivity contribution in [2.75, 3.05) is 13.1 Å². The van der Waals surface area contributed by atoms with Crippen molar-refractivity contribution in [1.29, 1.82) is 0 Å². The number of sulfonamides is 1. The molecule has 3 N–H and O–H groups in total. The second-order valence-electron chi connectivity index (χ2n) is 6.20. The highest BCUT2D eigenvalue weighted by molar-refractivity contribution is 7.92. The number of imidazole rings is 1. The summed E-state index contributed by atoms with van der Waals surface area (Å²) >= 11 is 6.29. The van der Waals surface area contributed by atoms with E-state index >= 15 is 0 Å². The first-order chi connectivity index (χ1) is 13.2. The Bertz CT molecular complexity index is 1080. The van der Waals surface area contributed by atoms with E-state index in [0.717, 1.165) is 28.8 Å². The van der Waals surface area contributed by atoms with Crippen LogP contribution < -0.4 is 5.73 Å². The van der Waals surface area contributed by atoms with Crippen LogP contribution in [-0.4, -0.2) is 46.7 Å². The predicted octanol–water partition coefficient (Wildman–Crippen LogP) is 2.07. The molecule has 0 aliphatic carbocycles. The number of carbonyl (C=O) groups is 1. The van der Waals surface area contributed by atoms with Gasteiger partial charge in [-0.3, -0.25) is 4.79 Å². The van der Waals surface area contributed by atoms with Gasteiger partial charge in [0, 0.05) is 19.2 Å². The number of amides is 1. The third-order valence-electron chi connectivity index (χ3n) is 4.22. The highest BCUT2D eigenvalue weighted by atomic mass is 35.5. The number of halogens is 2. The lowest BCUT2D eigenvalue weighted by atomic mass is 10.0. The number of nitrogens with zero attached hydrogens (tertiary/aromatic N) is 3. The van der Waals surface area contributed by atoms with Crippen molar-refractivity contribution in [3.63, 3.8) is 0 Å². The van der Waals surface area contributed by atoms with Crippen LogP contribution in [0.2, 0.25) is 5.15 Å². The minimum absolute atomic E-state index is 0.133. The Kier molecular flexibility index (Phi) is 5.64. The van der Waals surface area contributed by atoms with Crippen molar-refractivity contribution in [1.82, 2.24) is 19.3 Å². The maximum atomic E-state index is 13.1. The zero-order chi connectivity index (χ0) is 20.5. The third kappa shape index (κ3) is 4.29. The standard InChI is InChI=1S/C17H17ClFN5O3S/c1-10-9-24(28(26,27)7-5-14(20)25)6-4-12(10)15-16(18)23-17(22-15)13-3-2-11(19)8-21-13/h2-3,5,7-8H,4,6,9H2,1H3,(H2,20,25)(H,22,23). The molecule has 0 radical (unpaired) electrons. The number of aromatic nitrogens is 3. The highest BCUT2D eigenvalue weighted by Gasteiger charge is 2.27. The summed E-state index contributed by atoms with van der Waals surface area (Å²) in [4.78, 5) is 22.1. The van der Waals surface area contributed by atoms with Gasteiger partial charge < -0.3 is 10.7 Å². The van der Waals surface area contributed by atoms with E-state index < -0.39 is 21.7 Å². The summed E-state index contributed by atoms with van der Waals surface area (Å²) in [7, 11) is -3.76. The second kappa shape index (κ2) is 7.82. The SMILES string of the molecule is CC1=C(c2nc(-c3ccc(F)cn3)[nH]c2Cl)CCN(S(=O)(=O)C=CC(N)=O)C1. The fraction of sp³-hybridized carbons (Fsp3) is 0.235. The van der Waals surface area contributed by atoms with E-state index in [1.165, 1.54) is 16.4 Å². The molecule has 28 heavy (non-hydrogen) atoms. The molecule has 148 valence electrons. The lowest BCUT2D eigenvalue weighted by Crippen LogP contribution is -2.35. The van der Waals surface area contributed by atoms with Crippen molar-refractivity contribution < 1.29 is 17.6 Å². The van der Waals surface area contributed by atoms with Gasteiger partial charge in [-0.25, -0.2) is 22.8 Å². The molecule has 0 unspecified atom stereocenters. The molecule has 0 saturated carbocycles. The average molecular weight is 426 g/mol. The van der Waals surface area contributed by atoms with Crippen LogP contribution in [0.4, 0.5) is 4.39 Å². The number of rotatable bonds is 5. The van der Waals surface area contributed by atoms with Crippen LogP contribution in [0.5, 0.6) is 0 Å². The summed E-state index contributed by atoms with van der Waals surface area (Å²) in [5.41, 5.74) is 7.49. The summed E-state index contributed by atoms with van der Waals surface area (Å²) in [5, 5.41) is 1.09. The first kappa shape index (κ1) is 20.2. The van der Waals surface area contributed by atoms with Crippen molar-refractivity contribution >= 4 is 33.1 Å². The van der Waals surface area contributed by atoms with E-state index in [2.05, 4.69) is 15.0 Å². The van der Waals surface area contributed by atoms with Crippen molar-refractivity contribution in [3.05, 3.63) is 52.1 Å². The quantitative estimate of drug-likeness (QED) is 0.710. The Morgan fingerprint density at radius 1 is 1.43 bits per heavy atom. The third-order valence-corrected chi connectivity index (χ3v) is 6.00. The minimum Gasteiger partial charge on any atom is -0.366 e. The van der Waals surface area contributed by atoms with Crippen LogP contribution in [0.1, 0.15) is 19.0 Å². The number of hydrogen-bond donors (Lipinski definition) is 2. The Morgan fingerprint density at radius 2 is 2.18 bits per heavy atom. The minimum atomic E-state index is -3.76. The number of aromatic amines is 1. The number of hydrogen-bond acceptors (Lipinski definition) is 5. The Balaban J connectivity index is 1.87. The van der Waals surface area contributed by atoms with E-state index in [9.17, 15) is 17.6 Å². The molecule has 0 saturated heterocycles. The van der Waals surface area contributed by atoms with Gasteiger partial charge in [-0.1, -0.05) is 17.2 Å². The molecule has 0 aromatic carbocycles. The van der Waals surface area contributed by atoms with Crippen LogP contribution in [-0.2, 0) is 14.8 Å². The number of primary amides is 1. The average Bonchev–Trinajstić information content (AvgIpc) is 3.02. The fourth-order valence-electron chi connectivity index (χ4n) is 2.85. The van der Waals surface area contributed by atoms with Gasteiger partial charge in [0.15, 0.2) is 5.82 Å². The lowest BCUT2D eigenvalue weighted by Gasteiger charge is -2.27. The van der Waals surface area contributed by atoms with E-state index in [1.807, 2.05) is 0 Å². The summed E-state index contributed by atoms with van der Waals surface area (Å²) < 4.78 is 38.9. The first-order valence-electron chi connectivity index (χ1n) is 8.21. The topological polar surface area (TPSA) is 122 Å². The monoisotopic (exact) mass is 425 g/mol. The number of H-pyrrole nitrogens is 1. The second-order valence-corrected chi connectivity index (χ2v) is 8.40. The molecular formula is C17H17ClFN5O3S. The van der Waals surface area contributed by atoms with Gasteiger partial charge in [-0.05, 0) is 31.1 Å².